The third kappa shape index (κ3) is 4.54. The number of benzene rings is 2. The van der Waals surface area contributed by atoms with Crippen LogP contribution in [0.3, 0.4) is 0 Å². The minimum absolute atomic E-state index is 0.174. The average molecular weight is 393 g/mol. The highest BCUT2D eigenvalue weighted by Gasteiger charge is 2.30. The van der Waals surface area contributed by atoms with Crippen LogP contribution in [0.2, 0.25) is 0 Å². The van der Waals surface area contributed by atoms with Crippen LogP contribution in [0.1, 0.15) is 16.7 Å². The summed E-state index contributed by atoms with van der Waals surface area (Å²) in [5.41, 5.74) is 6.01. The van der Waals surface area contributed by atoms with Crippen molar-refractivity contribution in [3.05, 3.63) is 59.2 Å². The van der Waals surface area contributed by atoms with Crippen LogP contribution in [-0.4, -0.2) is 29.9 Å². The van der Waals surface area contributed by atoms with E-state index in [4.69, 9.17) is 10.5 Å². The molecule has 0 saturated heterocycles. The van der Waals surface area contributed by atoms with Gasteiger partial charge in [-0.3, -0.25) is 4.79 Å². The Bertz CT molecular complexity index is 882. The number of amides is 3. The van der Waals surface area contributed by atoms with Gasteiger partial charge in [0.15, 0.2) is 0 Å². The van der Waals surface area contributed by atoms with Gasteiger partial charge < -0.3 is 20.7 Å². The van der Waals surface area contributed by atoms with Crippen molar-refractivity contribution in [2.45, 2.75) is 19.1 Å². The summed E-state index contributed by atoms with van der Waals surface area (Å²) in [5, 5.41) is 2.27. The number of hydrogen-bond donors (Lipinski definition) is 2. The van der Waals surface area contributed by atoms with Crippen molar-refractivity contribution >= 4 is 11.9 Å². The lowest BCUT2D eigenvalue weighted by Crippen LogP contribution is -2.43. The molecule has 9 heteroatoms. The molecular weight excluding hydrogens is 375 g/mol. The number of primary amides is 1. The zero-order valence-electron chi connectivity index (χ0n) is 14.8. The number of fused-ring (bicyclic) bond motifs is 1. The quantitative estimate of drug-likeness (QED) is 0.837. The molecule has 0 bridgehead atoms. The van der Waals surface area contributed by atoms with E-state index in [0.717, 1.165) is 23.3 Å². The van der Waals surface area contributed by atoms with Crippen LogP contribution in [0.4, 0.5) is 18.0 Å². The molecule has 2 aromatic carbocycles. The number of halogens is 3. The second-order valence-electron chi connectivity index (χ2n) is 6.30. The van der Waals surface area contributed by atoms with Crippen molar-refractivity contribution < 1.29 is 27.5 Å². The first kappa shape index (κ1) is 19.5. The van der Waals surface area contributed by atoms with E-state index in [-0.39, 0.29) is 12.5 Å². The molecule has 3 amide bonds. The number of rotatable bonds is 4. The van der Waals surface area contributed by atoms with E-state index in [1.54, 1.807) is 17.0 Å². The van der Waals surface area contributed by atoms with Gasteiger partial charge in [0.2, 0.25) is 5.91 Å². The fourth-order valence-corrected chi connectivity index (χ4v) is 3.00. The number of carbonyl (C=O) groups excluding carboxylic acids is 2. The maximum atomic E-state index is 12.7. The van der Waals surface area contributed by atoms with Crippen LogP contribution < -0.4 is 15.8 Å². The lowest BCUT2D eigenvalue weighted by Gasteiger charge is -2.30. The standard InChI is InChI=1S/C19H18F3N3O3/c20-19(21,22)13-4-6-14(7-5-13)28-16-3-1-2-12-11-25(9-8-15(12)16)17(26)10-24-18(23)27/h1-7H,8-11H2,(H3,23,24,27). The molecule has 0 aliphatic carbocycles. The topological polar surface area (TPSA) is 84.7 Å². The van der Waals surface area contributed by atoms with Crippen molar-refractivity contribution in [2.75, 3.05) is 13.1 Å². The van der Waals surface area contributed by atoms with E-state index in [2.05, 4.69) is 5.32 Å². The highest BCUT2D eigenvalue weighted by atomic mass is 19.4. The first-order chi connectivity index (χ1) is 13.2. The molecule has 0 aromatic heterocycles. The van der Waals surface area contributed by atoms with Gasteiger partial charge in [-0.25, -0.2) is 4.79 Å². The van der Waals surface area contributed by atoms with Gasteiger partial charge in [0.05, 0.1) is 12.1 Å². The van der Waals surface area contributed by atoms with Crippen molar-refractivity contribution in [1.82, 2.24) is 10.2 Å². The Hall–Kier alpha value is -3.23. The van der Waals surface area contributed by atoms with E-state index in [1.165, 1.54) is 12.1 Å². The van der Waals surface area contributed by atoms with Gasteiger partial charge in [-0.1, -0.05) is 12.1 Å². The molecule has 28 heavy (non-hydrogen) atoms. The lowest BCUT2D eigenvalue weighted by atomic mass is 9.98. The number of nitrogens with two attached hydrogens (primary N) is 1. The smallest absolute Gasteiger partial charge is 0.416 e. The number of hydrogen-bond acceptors (Lipinski definition) is 3. The van der Waals surface area contributed by atoms with Crippen molar-refractivity contribution in [3.63, 3.8) is 0 Å². The Kier molecular flexibility index (Phi) is 5.43. The van der Waals surface area contributed by atoms with E-state index >= 15 is 0 Å². The molecule has 1 aliphatic heterocycles. The number of ether oxygens (including phenoxy) is 1. The molecule has 0 spiro atoms. The number of alkyl halides is 3. The second-order valence-corrected chi connectivity index (χ2v) is 6.30. The SMILES string of the molecule is NC(=O)NCC(=O)N1CCc2c(cccc2Oc2ccc(C(F)(F)F)cc2)C1. The summed E-state index contributed by atoms with van der Waals surface area (Å²) in [6, 6.07) is 9.07. The molecule has 3 rings (SSSR count). The molecule has 0 fully saturated rings. The summed E-state index contributed by atoms with van der Waals surface area (Å²) >= 11 is 0. The fraction of sp³-hybridized carbons (Fsp3) is 0.263. The third-order valence-electron chi connectivity index (χ3n) is 4.40. The molecule has 0 unspecified atom stereocenters. The van der Waals surface area contributed by atoms with Gasteiger partial charge in [-0.05, 0) is 42.3 Å². The fourth-order valence-electron chi connectivity index (χ4n) is 3.00. The van der Waals surface area contributed by atoms with Gasteiger partial charge in [0, 0.05) is 18.7 Å². The highest BCUT2D eigenvalue weighted by molar-refractivity contribution is 5.83. The second kappa shape index (κ2) is 7.79. The number of urea groups is 1. The summed E-state index contributed by atoms with van der Waals surface area (Å²) in [4.78, 5) is 24.5. The molecule has 1 aliphatic rings. The van der Waals surface area contributed by atoms with Crippen LogP contribution in [0.25, 0.3) is 0 Å². The minimum Gasteiger partial charge on any atom is -0.457 e. The largest absolute Gasteiger partial charge is 0.457 e. The van der Waals surface area contributed by atoms with E-state index in [0.29, 0.717) is 31.0 Å². The van der Waals surface area contributed by atoms with Crippen LogP contribution >= 0.6 is 0 Å². The van der Waals surface area contributed by atoms with Gasteiger partial charge in [-0.2, -0.15) is 13.2 Å². The zero-order chi connectivity index (χ0) is 20.3. The zero-order valence-corrected chi connectivity index (χ0v) is 14.8. The summed E-state index contributed by atoms with van der Waals surface area (Å²) in [6.45, 7) is 0.602. The maximum absolute atomic E-state index is 12.7. The van der Waals surface area contributed by atoms with Gasteiger partial charge in [-0.15, -0.1) is 0 Å². The Balaban J connectivity index is 1.72. The lowest BCUT2D eigenvalue weighted by molar-refractivity contribution is -0.137. The number of carbonyl (C=O) groups is 2. The third-order valence-corrected chi connectivity index (χ3v) is 4.40. The van der Waals surface area contributed by atoms with Crippen LogP contribution in [-0.2, 0) is 23.9 Å². The van der Waals surface area contributed by atoms with Crippen LogP contribution in [0.5, 0.6) is 11.5 Å². The molecule has 2 aromatic rings. The predicted molar refractivity (Wildman–Crippen MR) is 94.7 cm³/mol. The average Bonchev–Trinajstić information content (AvgIpc) is 2.65. The summed E-state index contributed by atoms with van der Waals surface area (Å²) in [6.07, 6.45) is -3.88. The van der Waals surface area contributed by atoms with Crippen molar-refractivity contribution in [3.8, 4) is 11.5 Å². The van der Waals surface area contributed by atoms with Gasteiger partial charge in [0.1, 0.15) is 11.5 Å². The van der Waals surface area contributed by atoms with E-state index in [9.17, 15) is 22.8 Å². The van der Waals surface area contributed by atoms with Gasteiger partial charge in [0.25, 0.3) is 0 Å². The van der Waals surface area contributed by atoms with Crippen LogP contribution in [0.15, 0.2) is 42.5 Å². The molecule has 1 heterocycles. The molecule has 6 nitrogen and oxygen atoms in total. The van der Waals surface area contributed by atoms with Gasteiger partial charge >= 0.3 is 12.2 Å². The monoisotopic (exact) mass is 393 g/mol. The highest BCUT2D eigenvalue weighted by Crippen LogP contribution is 2.34. The van der Waals surface area contributed by atoms with Crippen molar-refractivity contribution in [2.24, 2.45) is 5.73 Å². The molecular formula is C19H18F3N3O3. The number of nitrogens with one attached hydrogen (secondary N) is 1. The molecule has 3 N–H and O–H groups in total. The Morgan fingerprint density at radius 1 is 1.14 bits per heavy atom. The Morgan fingerprint density at radius 2 is 1.86 bits per heavy atom. The Morgan fingerprint density at radius 3 is 2.50 bits per heavy atom. The molecule has 0 radical (unpaired) electrons. The maximum Gasteiger partial charge on any atom is 0.416 e. The Labute approximate surface area is 159 Å². The molecule has 148 valence electrons. The minimum atomic E-state index is -4.40. The summed E-state index contributed by atoms with van der Waals surface area (Å²) in [7, 11) is 0. The first-order valence-electron chi connectivity index (χ1n) is 8.51. The van der Waals surface area contributed by atoms with Crippen LogP contribution in [0, 0.1) is 0 Å². The van der Waals surface area contributed by atoms with Crippen molar-refractivity contribution in [1.29, 1.82) is 0 Å². The predicted octanol–water partition coefficient (Wildman–Crippen LogP) is 3.05. The first-order valence-corrected chi connectivity index (χ1v) is 8.51. The molecule has 0 saturated carbocycles. The summed E-state index contributed by atoms with van der Waals surface area (Å²) in [5.74, 6) is 0.587. The number of nitrogens with zero attached hydrogens (tertiary/aromatic N) is 1. The molecule has 0 atom stereocenters. The normalized spacial score (nSPS) is 13.6. The van der Waals surface area contributed by atoms with E-state index in [1.807, 2.05) is 6.07 Å². The summed E-state index contributed by atoms with van der Waals surface area (Å²) < 4.78 is 43.8. The van der Waals surface area contributed by atoms with E-state index < -0.39 is 17.8 Å².